The van der Waals surface area contributed by atoms with Gasteiger partial charge in [0.2, 0.25) is 0 Å². The summed E-state index contributed by atoms with van der Waals surface area (Å²) in [6, 6.07) is 1.72. The van der Waals surface area contributed by atoms with Gasteiger partial charge in [0.15, 0.2) is 4.88 Å². The molecule has 1 aliphatic rings. The number of carboxylic acids is 1. The van der Waals surface area contributed by atoms with E-state index in [4.69, 9.17) is 9.84 Å². The highest BCUT2D eigenvalue weighted by molar-refractivity contribution is 7.12. The minimum atomic E-state index is -0.917. The number of carboxylic acid groups (broad SMARTS) is 1. The smallest absolute Gasteiger partial charge is 0.349 e. The molecule has 0 spiro atoms. The molecule has 0 radical (unpaired) electrons. The Balaban J connectivity index is 2.09. The zero-order valence-corrected chi connectivity index (χ0v) is 9.00. The van der Waals surface area contributed by atoms with Crippen molar-refractivity contribution in [2.75, 3.05) is 0 Å². The van der Waals surface area contributed by atoms with E-state index in [0.29, 0.717) is 5.75 Å². The van der Waals surface area contributed by atoms with Crippen molar-refractivity contribution >= 4 is 17.3 Å². The summed E-state index contributed by atoms with van der Waals surface area (Å²) < 4.78 is 5.63. The first kappa shape index (κ1) is 10.2. The van der Waals surface area contributed by atoms with Gasteiger partial charge in [-0.05, 0) is 36.8 Å². The van der Waals surface area contributed by atoms with Crippen molar-refractivity contribution in [1.29, 1.82) is 0 Å². The minimum Gasteiger partial charge on any atom is -0.485 e. The van der Waals surface area contributed by atoms with Crippen molar-refractivity contribution < 1.29 is 14.6 Å². The van der Waals surface area contributed by atoms with E-state index in [1.54, 1.807) is 11.4 Å². The molecule has 0 saturated heterocycles. The third kappa shape index (κ3) is 2.39. The molecule has 0 amide bonds. The van der Waals surface area contributed by atoms with Crippen LogP contribution in [-0.4, -0.2) is 17.2 Å². The van der Waals surface area contributed by atoms with Crippen LogP contribution in [0.3, 0.4) is 0 Å². The zero-order valence-electron chi connectivity index (χ0n) is 8.18. The Labute approximate surface area is 92.0 Å². The van der Waals surface area contributed by atoms with Crippen LogP contribution in [0.1, 0.15) is 28.9 Å². The van der Waals surface area contributed by atoms with Crippen LogP contribution in [0.25, 0.3) is 0 Å². The van der Waals surface area contributed by atoms with Gasteiger partial charge in [0.1, 0.15) is 11.9 Å². The average Bonchev–Trinajstić information content (AvgIpc) is 2.67. The summed E-state index contributed by atoms with van der Waals surface area (Å²) in [6.07, 6.45) is 7.29. The number of ether oxygens (including phenoxy) is 1. The van der Waals surface area contributed by atoms with Gasteiger partial charge in [0.05, 0.1) is 0 Å². The Morgan fingerprint density at radius 2 is 2.47 bits per heavy atom. The van der Waals surface area contributed by atoms with Crippen LogP contribution in [0.4, 0.5) is 0 Å². The van der Waals surface area contributed by atoms with Crippen LogP contribution in [0.2, 0.25) is 0 Å². The first-order valence-corrected chi connectivity index (χ1v) is 5.79. The number of hydrogen-bond acceptors (Lipinski definition) is 3. The lowest BCUT2D eigenvalue weighted by Crippen LogP contribution is -2.16. The molecule has 1 atom stereocenters. The van der Waals surface area contributed by atoms with Gasteiger partial charge in [-0.25, -0.2) is 4.79 Å². The van der Waals surface area contributed by atoms with Crippen molar-refractivity contribution in [3.05, 3.63) is 28.5 Å². The molecule has 0 fully saturated rings. The quantitative estimate of drug-likeness (QED) is 0.803. The van der Waals surface area contributed by atoms with Crippen molar-refractivity contribution in [3.63, 3.8) is 0 Å². The fourth-order valence-corrected chi connectivity index (χ4v) is 2.25. The van der Waals surface area contributed by atoms with E-state index in [0.717, 1.165) is 19.3 Å². The number of rotatable bonds is 3. The largest absolute Gasteiger partial charge is 0.485 e. The number of aromatic carboxylic acids is 1. The first-order valence-electron chi connectivity index (χ1n) is 4.91. The van der Waals surface area contributed by atoms with E-state index in [1.165, 1.54) is 11.3 Å². The van der Waals surface area contributed by atoms with Gasteiger partial charge in [0.25, 0.3) is 0 Å². The fraction of sp³-hybridized carbons (Fsp3) is 0.364. The monoisotopic (exact) mass is 224 g/mol. The highest BCUT2D eigenvalue weighted by Crippen LogP contribution is 2.27. The Hall–Kier alpha value is -1.29. The van der Waals surface area contributed by atoms with Crippen LogP contribution < -0.4 is 4.74 Å². The SMILES string of the molecule is O=C(O)c1sccc1OC1C=CCCC1. The molecule has 15 heavy (non-hydrogen) atoms. The third-order valence-corrected chi connectivity index (χ3v) is 3.20. The van der Waals surface area contributed by atoms with Crippen LogP contribution >= 0.6 is 11.3 Å². The Morgan fingerprint density at radius 1 is 1.60 bits per heavy atom. The van der Waals surface area contributed by atoms with Crippen molar-refractivity contribution in [1.82, 2.24) is 0 Å². The average molecular weight is 224 g/mol. The second kappa shape index (κ2) is 4.49. The fourth-order valence-electron chi connectivity index (χ4n) is 1.59. The van der Waals surface area contributed by atoms with Crippen molar-refractivity contribution in [3.8, 4) is 5.75 Å². The lowest BCUT2D eigenvalue weighted by atomic mass is 10.1. The first-order chi connectivity index (χ1) is 7.27. The molecule has 1 unspecified atom stereocenters. The molecule has 1 aliphatic carbocycles. The number of allylic oxidation sites excluding steroid dienone is 1. The van der Waals surface area contributed by atoms with E-state index in [2.05, 4.69) is 6.08 Å². The second-order valence-corrected chi connectivity index (χ2v) is 4.35. The molecular formula is C11H12O3S. The Kier molecular flexibility index (Phi) is 3.06. The number of thiophene rings is 1. The van der Waals surface area contributed by atoms with Gasteiger partial charge in [0, 0.05) is 0 Å². The topological polar surface area (TPSA) is 46.5 Å². The maximum Gasteiger partial charge on any atom is 0.349 e. The summed E-state index contributed by atoms with van der Waals surface area (Å²) in [6.45, 7) is 0. The highest BCUT2D eigenvalue weighted by Gasteiger charge is 2.17. The van der Waals surface area contributed by atoms with Crippen molar-refractivity contribution in [2.45, 2.75) is 25.4 Å². The molecule has 1 N–H and O–H groups in total. The molecule has 0 bridgehead atoms. The molecular weight excluding hydrogens is 212 g/mol. The molecule has 0 aromatic carbocycles. The van der Waals surface area contributed by atoms with Gasteiger partial charge in [-0.3, -0.25) is 0 Å². The summed E-state index contributed by atoms with van der Waals surface area (Å²) in [5.41, 5.74) is 0. The van der Waals surface area contributed by atoms with E-state index < -0.39 is 5.97 Å². The third-order valence-electron chi connectivity index (χ3n) is 2.31. The highest BCUT2D eigenvalue weighted by atomic mass is 32.1. The van der Waals surface area contributed by atoms with Gasteiger partial charge >= 0.3 is 5.97 Å². The summed E-state index contributed by atoms with van der Waals surface area (Å²) in [5, 5.41) is 10.6. The molecule has 1 heterocycles. The Morgan fingerprint density at radius 3 is 3.13 bits per heavy atom. The maximum atomic E-state index is 10.8. The molecule has 1 aromatic heterocycles. The summed E-state index contributed by atoms with van der Waals surface area (Å²) >= 11 is 1.20. The number of hydrogen-bond donors (Lipinski definition) is 1. The standard InChI is InChI=1S/C11H12O3S/c12-11(13)10-9(6-7-15-10)14-8-4-2-1-3-5-8/h2,4,6-8H,1,3,5H2,(H,12,13). The molecule has 80 valence electrons. The zero-order chi connectivity index (χ0) is 10.7. The van der Waals surface area contributed by atoms with E-state index >= 15 is 0 Å². The molecule has 4 heteroatoms. The molecule has 3 nitrogen and oxygen atoms in total. The summed E-state index contributed by atoms with van der Waals surface area (Å²) in [4.78, 5) is 11.1. The van der Waals surface area contributed by atoms with E-state index in [-0.39, 0.29) is 11.0 Å². The predicted molar refractivity (Wildman–Crippen MR) is 58.7 cm³/mol. The van der Waals surface area contributed by atoms with Crippen LogP contribution in [0.15, 0.2) is 23.6 Å². The lowest BCUT2D eigenvalue weighted by molar-refractivity contribution is 0.0696. The summed E-state index contributed by atoms with van der Waals surface area (Å²) in [7, 11) is 0. The molecule has 0 aliphatic heterocycles. The maximum absolute atomic E-state index is 10.8. The molecule has 1 aromatic rings. The normalized spacial score (nSPS) is 20.1. The molecule has 0 saturated carbocycles. The van der Waals surface area contributed by atoms with Crippen LogP contribution in [0.5, 0.6) is 5.75 Å². The van der Waals surface area contributed by atoms with Gasteiger partial charge in [-0.1, -0.05) is 6.08 Å². The van der Waals surface area contributed by atoms with Crippen molar-refractivity contribution in [2.24, 2.45) is 0 Å². The van der Waals surface area contributed by atoms with E-state index in [1.807, 2.05) is 6.08 Å². The van der Waals surface area contributed by atoms with E-state index in [9.17, 15) is 4.79 Å². The number of carbonyl (C=O) groups is 1. The van der Waals surface area contributed by atoms with Crippen LogP contribution in [-0.2, 0) is 0 Å². The Bertz CT molecular complexity index is 381. The van der Waals surface area contributed by atoms with Crippen LogP contribution in [0, 0.1) is 0 Å². The predicted octanol–water partition coefficient (Wildman–Crippen LogP) is 2.93. The van der Waals surface area contributed by atoms with Gasteiger partial charge in [-0.2, -0.15) is 0 Å². The van der Waals surface area contributed by atoms with Gasteiger partial charge in [-0.15, -0.1) is 11.3 Å². The second-order valence-electron chi connectivity index (χ2n) is 3.43. The van der Waals surface area contributed by atoms with Gasteiger partial charge < -0.3 is 9.84 Å². The summed E-state index contributed by atoms with van der Waals surface area (Å²) in [5.74, 6) is -0.427. The lowest BCUT2D eigenvalue weighted by Gasteiger charge is -2.17. The minimum absolute atomic E-state index is 0.0337. The molecule has 2 rings (SSSR count).